The molecule has 22 heavy (non-hydrogen) atoms. The minimum absolute atomic E-state index is 0.107. The summed E-state index contributed by atoms with van der Waals surface area (Å²) >= 11 is 0. The third-order valence-corrected chi connectivity index (χ3v) is 4.92. The van der Waals surface area contributed by atoms with Gasteiger partial charge in [0.25, 0.3) is 0 Å². The van der Waals surface area contributed by atoms with Crippen LogP contribution in [0.3, 0.4) is 0 Å². The van der Waals surface area contributed by atoms with Gasteiger partial charge in [0.1, 0.15) is 6.04 Å². The van der Waals surface area contributed by atoms with Crippen LogP contribution in [0.15, 0.2) is 0 Å². The first-order valence-electron chi connectivity index (χ1n) is 8.01. The number of quaternary nitrogens is 1. The number of aliphatic carboxylic acids is 1. The van der Waals surface area contributed by atoms with Crippen molar-refractivity contribution < 1.29 is 28.7 Å². The van der Waals surface area contributed by atoms with Crippen LogP contribution in [0, 0.1) is 5.92 Å². The third kappa shape index (κ3) is 2.87. The SMILES string of the molecule is CCOC(=O)[N+]1(C(=O)[C@H](N)CC2CCC2)CCC[C@H]1C(=O)O. The number of ether oxygens (including phenoxy) is 1. The summed E-state index contributed by atoms with van der Waals surface area (Å²) < 4.78 is 4.24. The lowest BCUT2D eigenvalue weighted by atomic mass is 9.80. The molecule has 1 aliphatic heterocycles. The van der Waals surface area contributed by atoms with E-state index in [9.17, 15) is 19.5 Å². The Morgan fingerprint density at radius 2 is 1.95 bits per heavy atom. The largest absolute Gasteiger partial charge is 0.524 e. The van der Waals surface area contributed by atoms with Crippen LogP contribution in [0.2, 0.25) is 0 Å². The standard InChI is InChI=1S/C15H24N2O5/c1-2-22-15(21)17(8-4-7-12(17)14(19)20)13(18)11(16)9-10-5-3-6-10/h10-12H,2-9,16H2,1H3/p+1/t11-,12+,17?/m1/s1. The van der Waals surface area contributed by atoms with Crippen molar-refractivity contribution in [3.8, 4) is 0 Å². The lowest BCUT2D eigenvalue weighted by Crippen LogP contribution is -2.66. The zero-order valence-corrected chi connectivity index (χ0v) is 13.0. The molecule has 3 atom stereocenters. The van der Waals surface area contributed by atoms with Gasteiger partial charge in [0.2, 0.25) is 6.04 Å². The average molecular weight is 313 g/mol. The summed E-state index contributed by atoms with van der Waals surface area (Å²) in [5, 5.41) is 9.42. The van der Waals surface area contributed by atoms with Gasteiger partial charge in [-0.1, -0.05) is 19.3 Å². The second kappa shape index (κ2) is 6.75. The Labute approximate surface area is 130 Å². The summed E-state index contributed by atoms with van der Waals surface area (Å²) in [6.07, 6.45) is 3.76. The molecule has 1 unspecified atom stereocenters. The van der Waals surface area contributed by atoms with E-state index in [0.29, 0.717) is 18.8 Å². The smallest absolute Gasteiger partial charge is 0.477 e. The molecule has 1 aliphatic carbocycles. The fourth-order valence-corrected chi connectivity index (χ4v) is 3.52. The number of likely N-dealkylation sites (tertiary alicyclic amines) is 1. The molecule has 0 aromatic heterocycles. The van der Waals surface area contributed by atoms with E-state index in [1.165, 1.54) is 0 Å². The van der Waals surface area contributed by atoms with Gasteiger partial charge in [-0.15, -0.1) is 4.48 Å². The number of amides is 2. The monoisotopic (exact) mass is 313 g/mol. The van der Waals surface area contributed by atoms with Crippen molar-refractivity contribution in [2.45, 2.75) is 57.5 Å². The number of nitrogens with two attached hydrogens (primary N) is 1. The highest BCUT2D eigenvalue weighted by atomic mass is 16.6. The van der Waals surface area contributed by atoms with Crippen LogP contribution < -0.4 is 5.73 Å². The van der Waals surface area contributed by atoms with E-state index in [1.54, 1.807) is 6.92 Å². The Hall–Kier alpha value is -1.47. The second-order valence-corrected chi connectivity index (χ2v) is 6.26. The van der Waals surface area contributed by atoms with Crippen molar-refractivity contribution in [1.29, 1.82) is 0 Å². The quantitative estimate of drug-likeness (QED) is 0.740. The zero-order chi connectivity index (χ0) is 16.3. The minimum atomic E-state index is -1.14. The molecule has 0 spiro atoms. The van der Waals surface area contributed by atoms with Crippen molar-refractivity contribution >= 4 is 18.0 Å². The van der Waals surface area contributed by atoms with Gasteiger partial charge in [0.15, 0.2) is 0 Å². The number of hydrogen-bond acceptors (Lipinski definition) is 5. The van der Waals surface area contributed by atoms with E-state index in [1.807, 2.05) is 0 Å². The van der Waals surface area contributed by atoms with Crippen molar-refractivity contribution in [3.05, 3.63) is 0 Å². The fraction of sp³-hybridized carbons (Fsp3) is 0.800. The van der Waals surface area contributed by atoms with Gasteiger partial charge in [0.05, 0.1) is 13.2 Å². The Balaban J connectivity index is 2.24. The predicted octanol–water partition coefficient (Wildman–Crippen LogP) is 1.25. The number of nitrogens with zero attached hydrogens (tertiary/aromatic N) is 1. The van der Waals surface area contributed by atoms with Gasteiger partial charge in [-0.2, -0.15) is 4.79 Å². The normalized spacial score (nSPS) is 29.6. The van der Waals surface area contributed by atoms with Crippen molar-refractivity contribution in [2.75, 3.05) is 13.2 Å². The Morgan fingerprint density at radius 3 is 2.45 bits per heavy atom. The van der Waals surface area contributed by atoms with Gasteiger partial charge in [0, 0.05) is 12.8 Å². The first-order valence-corrected chi connectivity index (χ1v) is 8.01. The molecular formula is C15H25N2O5+. The van der Waals surface area contributed by atoms with Crippen LogP contribution in [-0.2, 0) is 14.3 Å². The number of hydrogen-bond donors (Lipinski definition) is 2. The van der Waals surface area contributed by atoms with Crippen LogP contribution in [0.4, 0.5) is 4.79 Å². The Bertz CT molecular complexity index is 463. The first kappa shape index (κ1) is 16.9. The molecule has 0 aromatic carbocycles. The van der Waals surface area contributed by atoms with E-state index in [0.717, 1.165) is 19.3 Å². The molecule has 0 aromatic rings. The molecule has 1 heterocycles. The maximum absolute atomic E-state index is 12.9. The summed E-state index contributed by atoms with van der Waals surface area (Å²) in [5.41, 5.74) is 6.02. The van der Waals surface area contributed by atoms with Gasteiger partial charge < -0.3 is 15.6 Å². The van der Waals surface area contributed by atoms with E-state index in [2.05, 4.69) is 0 Å². The molecule has 3 N–H and O–H groups in total. The molecule has 2 rings (SSSR count). The summed E-state index contributed by atoms with van der Waals surface area (Å²) in [6.45, 7) is 1.91. The van der Waals surface area contributed by atoms with Crippen molar-refractivity contribution in [2.24, 2.45) is 11.7 Å². The van der Waals surface area contributed by atoms with Crippen LogP contribution in [0.1, 0.15) is 45.4 Å². The average Bonchev–Trinajstić information content (AvgIpc) is 2.88. The molecule has 7 heteroatoms. The van der Waals surface area contributed by atoms with Crippen molar-refractivity contribution in [3.63, 3.8) is 0 Å². The molecule has 0 radical (unpaired) electrons. The zero-order valence-electron chi connectivity index (χ0n) is 13.0. The lowest BCUT2D eigenvalue weighted by molar-refractivity contribution is -0.787. The number of carboxylic acids is 1. The number of carbonyl (C=O) groups is 3. The highest BCUT2D eigenvalue weighted by Crippen LogP contribution is 2.34. The van der Waals surface area contributed by atoms with Crippen LogP contribution >= 0.6 is 0 Å². The molecule has 0 bridgehead atoms. The molecule has 124 valence electrons. The molecule has 1 saturated heterocycles. The predicted molar refractivity (Wildman–Crippen MR) is 77.7 cm³/mol. The third-order valence-electron chi connectivity index (χ3n) is 4.92. The minimum Gasteiger partial charge on any atom is -0.477 e. The highest BCUT2D eigenvalue weighted by molar-refractivity contribution is 5.89. The highest BCUT2D eigenvalue weighted by Gasteiger charge is 2.60. The Morgan fingerprint density at radius 1 is 1.27 bits per heavy atom. The topological polar surface area (TPSA) is 107 Å². The summed E-state index contributed by atoms with van der Waals surface area (Å²) in [7, 11) is 0. The number of rotatable bonds is 5. The number of carboxylic acid groups (broad SMARTS) is 1. The summed E-state index contributed by atoms with van der Waals surface area (Å²) in [5.74, 6) is -1.24. The Kier molecular flexibility index (Phi) is 5.18. The van der Waals surface area contributed by atoms with Gasteiger partial charge in [-0.05, 0) is 19.3 Å². The maximum atomic E-state index is 12.9. The van der Waals surface area contributed by atoms with Crippen LogP contribution in [0.25, 0.3) is 0 Å². The molecule has 2 fully saturated rings. The van der Waals surface area contributed by atoms with E-state index < -0.39 is 34.5 Å². The number of imide groups is 1. The van der Waals surface area contributed by atoms with E-state index >= 15 is 0 Å². The second-order valence-electron chi connectivity index (χ2n) is 6.26. The molecule has 2 amide bonds. The molecular weight excluding hydrogens is 288 g/mol. The van der Waals surface area contributed by atoms with Gasteiger partial charge in [-0.25, -0.2) is 9.59 Å². The maximum Gasteiger partial charge on any atom is 0.524 e. The first-order chi connectivity index (χ1) is 10.4. The van der Waals surface area contributed by atoms with Crippen LogP contribution in [0.5, 0.6) is 0 Å². The van der Waals surface area contributed by atoms with E-state index in [4.69, 9.17) is 10.5 Å². The van der Waals surface area contributed by atoms with Crippen LogP contribution in [-0.4, -0.2) is 52.8 Å². The van der Waals surface area contributed by atoms with E-state index in [-0.39, 0.29) is 19.6 Å². The fourth-order valence-electron chi connectivity index (χ4n) is 3.52. The summed E-state index contributed by atoms with van der Waals surface area (Å²) in [6, 6.07) is -1.89. The molecule has 7 nitrogen and oxygen atoms in total. The molecule has 2 aliphatic rings. The number of carbonyl (C=O) groups excluding carboxylic acids is 2. The molecule has 1 saturated carbocycles. The van der Waals surface area contributed by atoms with Crippen molar-refractivity contribution in [1.82, 2.24) is 0 Å². The lowest BCUT2D eigenvalue weighted by Gasteiger charge is -2.34. The van der Waals surface area contributed by atoms with Gasteiger partial charge in [-0.3, -0.25) is 0 Å². The van der Waals surface area contributed by atoms with Gasteiger partial charge >= 0.3 is 18.0 Å². The summed E-state index contributed by atoms with van der Waals surface area (Å²) in [4.78, 5) is 36.8.